The highest BCUT2D eigenvalue weighted by molar-refractivity contribution is 5.39. The highest BCUT2D eigenvalue weighted by atomic mass is 16.5. The Hall–Kier alpha value is -2.24. The van der Waals surface area contributed by atoms with E-state index in [9.17, 15) is 5.11 Å². The van der Waals surface area contributed by atoms with Crippen molar-refractivity contribution in [2.24, 2.45) is 5.92 Å². The van der Waals surface area contributed by atoms with E-state index in [1.807, 2.05) is 24.3 Å². The van der Waals surface area contributed by atoms with Gasteiger partial charge in [0.25, 0.3) is 0 Å². The predicted octanol–water partition coefficient (Wildman–Crippen LogP) is 3.80. The summed E-state index contributed by atoms with van der Waals surface area (Å²) >= 11 is 0. The highest BCUT2D eigenvalue weighted by Gasteiger charge is 2.21. The molecule has 5 heteroatoms. The number of piperidine rings is 1. The number of phenols is 1. The Morgan fingerprint density at radius 3 is 2.48 bits per heavy atom. The fraction of sp³-hybridized carbons (Fsp3) is 0.500. The first-order valence-electron chi connectivity index (χ1n) is 10.5. The van der Waals surface area contributed by atoms with Crippen LogP contribution in [-0.2, 0) is 13.0 Å². The summed E-state index contributed by atoms with van der Waals surface area (Å²) in [7, 11) is 5.46. The number of likely N-dealkylation sites (tertiary alicyclic amines) is 1. The first-order chi connectivity index (χ1) is 14.1. The smallest absolute Gasteiger partial charge is 0.123 e. The first-order valence-corrected chi connectivity index (χ1v) is 10.5. The third-order valence-corrected chi connectivity index (χ3v) is 5.78. The lowest BCUT2D eigenvalue weighted by molar-refractivity contribution is 0.142. The van der Waals surface area contributed by atoms with Crippen molar-refractivity contribution in [1.29, 1.82) is 0 Å². The summed E-state index contributed by atoms with van der Waals surface area (Å²) < 4.78 is 10.4. The van der Waals surface area contributed by atoms with E-state index < -0.39 is 0 Å². The molecule has 2 aromatic rings. The number of hydrogen-bond acceptors (Lipinski definition) is 5. The molecule has 5 nitrogen and oxygen atoms in total. The van der Waals surface area contributed by atoms with Gasteiger partial charge in [-0.1, -0.05) is 18.2 Å². The summed E-state index contributed by atoms with van der Waals surface area (Å²) in [5, 5.41) is 10.2. The maximum atomic E-state index is 10.2. The van der Waals surface area contributed by atoms with Gasteiger partial charge in [-0.2, -0.15) is 0 Å². The molecule has 1 unspecified atom stereocenters. The quantitative estimate of drug-likeness (QED) is 0.696. The summed E-state index contributed by atoms with van der Waals surface area (Å²) in [5.74, 6) is 2.58. The van der Waals surface area contributed by atoms with Crippen LogP contribution in [-0.4, -0.2) is 62.4 Å². The average Bonchev–Trinajstić information content (AvgIpc) is 2.74. The molecule has 1 saturated heterocycles. The number of rotatable bonds is 9. The van der Waals surface area contributed by atoms with E-state index in [1.54, 1.807) is 20.3 Å². The van der Waals surface area contributed by atoms with Crippen LogP contribution in [0.25, 0.3) is 0 Å². The maximum Gasteiger partial charge on any atom is 0.123 e. The topological polar surface area (TPSA) is 45.2 Å². The highest BCUT2D eigenvalue weighted by Crippen LogP contribution is 2.25. The number of benzene rings is 2. The Morgan fingerprint density at radius 2 is 1.79 bits per heavy atom. The van der Waals surface area contributed by atoms with Crippen LogP contribution in [0.15, 0.2) is 42.5 Å². The molecule has 1 aliphatic rings. The minimum atomic E-state index is 0.306. The molecule has 1 atom stereocenters. The molecule has 1 aliphatic heterocycles. The first kappa shape index (κ1) is 21.5. The van der Waals surface area contributed by atoms with E-state index >= 15 is 0 Å². The van der Waals surface area contributed by atoms with Crippen molar-refractivity contribution < 1.29 is 14.6 Å². The zero-order valence-corrected chi connectivity index (χ0v) is 17.9. The van der Waals surface area contributed by atoms with Crippen molar-refractivity contribution in [2.45, 2.75) is 25.8 Å². The minimum Gasteiger partial charge on any atom is -0.507 e. The van der Waals surface area contributed by atoms with Gasteiger partial charge in [0, 0.05) is 37.8 Å². The second-order valence-corrected chi connectivity index (χ2v) is 8.10. The summed E-state index contributed by atoms with van der Waals surface area (Å²) in [6.45, 7) is 5.24. The molecular weight excluding hydrogens is 364 g/mol. The van der Waals surface area contributed by atoms with Crippen LogP contribution in [0.3, 0.4) is 0 Å². The van der Waals surface area contributed by atoms with E-state index in [-0.39, 0.29) is 0 Å². The van der Waals surface area contributed by atoms with Crippen molar-refractivity contribution in [2.75, 3.05) is 47.4 Å². The molecule has 0 bridgehead atoms. The Kier molecular flexibility index (Phi) is 7.78. The summed E-state index contributed by atoms with van der Waals surface area (Å²) in [4.78, 5) is 4.91. The molecule has 1 N–H and O–H groups in total. The SMILES string of the molecule is COc1ccc(CCN2CCCC(CN(C)Cc3ccc(OC)cc3O)C2)cc1. The van der Waals surface area contributed by atoms with Gasteiger partial charge in [-0.3, -0.25) is 0 Å². The van der Waals surface area contributed by atoms with Gasteiger partial charge in [0.2, 0.25) is 0 Å². The number of aromatic hydroxyl groups is 1. The van der Waals surface area contributed by atoms with Gasteiger partial charge in [-0.15, -0.1) is 0 Å². The molecule has 2 aromatic carbocycles. The standard InChI is InChI=1S/C24H34N2O3/c1-25(18-21-8-11-23(29-3)15-24(21)27)16-20-5-4-13-26(17-20)14-12-19-6-9-22(28-2)10-7-19/h6-11,15,20,27H,4-5,12-14,16-18H2,1-3H3. The van der Waals surface area contributed by atoms with Crippen LogP contribution in [0.1, 0.15) is 24.0 Å². The van der Waals surface area contributed by atoms with Crippen LogP contribution >= 0.6 is 0 Å². The second-order valence-electron chi connectivity index (χ2n) is 8.10. The van der Waals surface area contributed by atoms with Crippen molar-refractivity contribution in [3.8, 4) is 17.2 Å². The monoisotopic (exact) mass is 398 g/mol. The minimum absolute atomic E-state index is 0.306. The normalized spacial score (nSPS) is 17.4. The van der Waals surface area contributed by atoms with Crippen LogP contribution in [0.2, 0.25) is 0 Å². The van der Waals surface area contributed by atoms with Crippen LogP contribution in [0, 0.1) is 5.92 Å². The fourth-order valence-corrected chi connectivity index (χ4v) is 4.18. The summed E-state index contributed by atoms with van der Waals surface area (Å²) in [6.07, 6.45) is 3.61. The Morgan fingerprint density at radius 1 is 1.07 bits per heavy atom. The second kappa shape index (κ2) is 10.5. The summed E-state index contributed by atoms with van der Waals surface area (Å²) in [5.41, 5.74) is 2.31. The van der Waals surface area contributed by atoms with Crippen molar-refractivity contribution in [3.05, 3.63) is 53.6 Å². The zero-order chi connectivity index (χ0) is 20.6. The maximum absolute atomic E-state index is 10.2. The average molecular weight is 399 g/mol. The largest absolute Gasteiger partial charge is 0.507 e. The summed E-state index contributed by atoms with van der Waals surface area (Å²) in [6, 6.07) is 13.9. The molecule has 0 aromatic heterocycles. The molecule has 1 heterocycles. The van der Waals surface area contributed by atoms with Crippen LogP contribution < -0.4 is 9.47 Å². The van der Waals surface area contributed by atoms with E-state index in [2.05, 4.69) is 29.0 Å². The van der Waals surface area contributed by atoms with E-state index in [1.165, 1.54) is 24.9 Å². The van der Waals surface area contributed by atoms with Crippen molar-refractivity contribution >= 4 is 0 Å². The lowest BCUT2D eigenvalue weighted by Crippen LogP contribution is -2.40. The van der Waals surface area contributed by atoms with Gasteiger partial charge in [-0.05, 0) is 62.5 Å². The molecule has 0 radical (unpaired) electrons. The number of ether oxygens (including phenoxy) is 2. The number of phenolic OH excluding ortho intramolecular Hbond substituents is 1. The molecule has 29 heavy (non-hydrogen) atoms. The van der Waals surface area contributed by atoms with E-state index in [0.29, 0.717) is 17.4 Å². The predicted molar refractivity (Wildman–Crippen MR) is 117 cm³/mol. The van der Waals surface area contributed by atoms with Crippen molar-refractivity contribution in [1.82, 2.24) is 9.80 Å². The van der Waals surface area contributed by atoms with Crippen LogP contribution in [0.5, 0.6) is 17.2 Å². The third-order valence-electron chi connectivity index (χ3n) is 5.78. The molecule has 0 amide bonds. The van der Waals surface area contributed by atoms with E-state index in [0.717, 1.165) is 43.9 Å². The Balaban J connectivity index is 1.46. The van der Waals surface area contributed by atoms with Gasteiger partial charge in [0.1, 0.15) is 17.2 Å². The zero-order valence-electron chi connectivity index (χ0n) is 17.9. The number of methoxy groups -OCH3 is 2. The van der Waals surface area contributed by atoms with Gasteiger partial charge in [0.05, 0.1) is 14.2 Å². The molecular formula is C24H34N2O3. The van der Waals surface area contributed by atoms with Gasteiger partial charge >= 0.3 is 0 Å². The third kappa shape index (κ3) is 6.38. The van der Waals surface area contributed by atoms with Crippen LogP contribution in [0.4, 0.5) is 0 Å². The molecule has 0 aliphatic carbocycles. The van der Waals surface area contributed by atoms with Gasteiger partial charge in [0.15, 0.2) is 0 Å². The fourth-order valence-electron chi connectivity index (χ4n) is 4.18. The van der Waals surface area contributed by atoms with E-state index in [4.69, 9.17) is 9.47 Å². The molecule has 0 spiro atoms. The lowest BCUT2D eigenvalue weighted by Gasteiger charge is -2.35. The van der Waals surface area contributed by atoms with Gasteiger partial charge < -0.3 is 24.4 Å². The molecule has 1 fully saturated rings. The molecule has 3 rings (SSSR count). The Labute approximate surface area is 174 Å². The number of hydrogen-bond donors (Lipinski definition) is 1. The number of nitrogens with zero attached hydrogens (tertiary/aromatic N) is 2. The molecule has 0 saturated carbocycles. The molecule has 158 valence electrons. The van der Waals surface area contributed by atoms with Gasteiger partial charge in [-0.25, -0.2) is 0 Å². The lowest BCUT2D eigenvalue weighted by atomic mass is 9.97. The Bertz CT molecular complexity index is 763. The van der Waals surface area contributed by atoms with Crippen molar-refractivity contribution in [3.63, 3.8) is 0 Å².